The van der Waals surface area contributed by atoms with Crippen molar-refractivity contribution in [2.24, 2.45) is 0 Å². The molecule has 0 radical (unpaired) electrons. The minimum absolute atomic E-state index is 0.110. The molecule has 1 aromatic heterocycles. The monoisotopic (exact) mass is 535 g/mol. The van der Waals surface area contributed by atoms with Crippen molar-refractivity contribution in [3.63, 3.8) is 0 Å². The van der Waals surface area contributed by atoms with Gasteiger partial charge in [-0.1, -0.05) is 30.0 Å². The number of carbonyl (C=O) groups is 2. The highest BCUT2D eigenvalue weighted by molar-refractivity contribution is 14.1. The molecule has 3 rings (SSSR count). The van der Waals surface area contributed by atoms with Crippen molar-refractivity contribution in [3.8, 4) is 0 Å². The van der Waals surface area contributed by atoms with Crippen LogP contribution in [0.3, 0.4) is 0 Å². The van der Waals surface area contributed by atoms with E-state index < -0.39 is 0 Å². The van der Waals surface area contributed by atoms with Crippen LogP contribution in [0.25, 0.3) is 0 Å². The van der Waals surface area contributed by atoms with Crippen LogP contribution in [-0.2, 0) is 17.9 Å². The maximum atomic E-state index is 12.4. The number of rotatable bonds is 8. The first-order valence-corrected chi connectivity index (χ1v) is 11.5. The summed E-state index contributed by atoms with van der Waals surface area (Å²) in [7, 11) is 0. The topological polar surface area (TPSA) is 88.9 Å². The van der Waals surface area contributed by atoms with Gasteiger partial charge < -0.3 is 15.2 Å². The zero-order valence-electron chi connectivity index (χ0n) is 16.7. The van der Waals surface area contributed by atoms with E-state index in [2.05, 4.69) is 43.4 Å². The molecule has 3 aromatic rings. The Morgan fingerprint density at radius 3 is 2.53 bits per heavy atom. The van der Waals surface area contributed by atoms with E-state index in [0.717, 1.165) is 14.8 Å². The third kappa shape index (κ3) is 5.82. The van der Waals surface area contributed by atoms with Crippen molar-refractivity contribution in [2.75, 3.05) is 11.1 Å². The van der Waals surface area contributed by atoms with Gasteiger partial charge in [0.15, 0.2) is 11.0 Å². The summed E-state index contributed by atoms with van der Waals surface area (Å²) < 4.78 is 3.01. The molecule has 30 heavy (non-hydrogen) atoms. The van der Waals surface area contributed by atoms with Gasteiger partial charge in [-0.25, -0.2) is 0 Å². The Balaban J connectivity index is 1.57. The number of hydrogen-bond acceptors (Lipinski definition) is 5. The first-order chi connectivity index (χ1) is 14.5. The number of amides is 2. The number of carbonyl (C=O) groups excluding carboxylic acids is 2. The van der Waals surface area contributed by atoms with E-state index in [-0.39, 0.29) is 24.1 Å². The fraction of sp³-hybridized carbons (Fsp3) is 0.238. The SMILES string of the molecule is CCn1c(CNC(=O)c2ccccc2C)nnc1SCC(=O)Nc1ccc(I)cc1. The predicted molar refractivity (Wildman–Crippen MR) is 127 cm³/mol. The van der Waals surface area contributed by atoms with Crippen LogP contribution < -0.4 is 10.6 Å². The normalized spacial score (nSPS) is 10.6. The molecule has 2 N–H and O–H groups in total. The van der Waals surface area contributed by atoms with E-state index in [1.807, 2.05) is 60.9 Å². The fourth-order valence-corrected chi connectivity index (χ4v) is 4.00. The van der Waals surface area contributed by atoms with Crippen LogP contribution in [0.15, 0.2) is 53.7 Å². The molecular formula is C21H22IN5O2S. The van der Waals surface area contributed by atoms with E-state index in [9.17, 15) is 9.59 Å². The van der Waals surface area contributed by atoms with Gasteiger partial charge in [0.2, 0.25) is 5.91 Å². The molecular weight excluding hydrogens is 513 g/mol. The number of thioether (sulfide) groups is 1. The Bertz CT molecular complexity index is 1040. The van der Waals surface area contributed by atoms with Gasteiger partial charge in [-0.15, -0.1) is 10.2 Å². The van der Waals surface area contributed by atoms with Crippen molar-refractivity contribution in [1.29, 1.82) is 0 Å². The van der Waals surface area contributed by atoms with Crippen molar-refractivity contribution in [2.45, 2.75) is 32.1 Å². The highest BCUT2D eigenvalue weighted by Crippen LogP contribution is 2.18. The van der Waals surface area contributed by atoms with Gasteiger partial charge in [0.05, 0.1) is 12.3 Å². The maximum Gasteiger partial charge on any atom is 0.251 e. The second-order valence-electron chi connectivity index (χ2n) is 6.48. The first-order valence-electron chi connectivity index (χ1n) is 9.42. The molecule has 0 aliphatic carbocycles. The lowest BCUT2D eigenvalue weighted by Gasteiger charge is -2.10. The van der Waals surface area contributed by atoms with E-state index in [0.29, 0.717) is 23.1 Å². The van der Waals surface area contributed by atoms with Gasteiger partial charge in [0, 0.05) is 21.4 Å². The Morgan fingerprint density at radius 1 is 1.10 bits per heavy atom. The highest BCUT2D eigenvalue weighted by Gasteiger charge is 2.15. The van der Waals surface area contributed by atoms with Gasteiger partial charge in [-0.2, -0.15) is 0 Å². The standard InChI is InChI=1S/C21H22IN5O2S/c1-3-27-18(12-23-20(29)17-7-5-4-6-14(17)2)25-26-21(27)30-13-19(28)24-16-10-8-15(22)9-11-16/h4-11H,3,12-13H2,1-2H3,(H,23,29)(H,24,28). The van der Waals surface area contributed by atoms with E-state index in [1.54, 1.807) is 6.07 Å². The molecule has 0 fully saturated rings. The molecule has 0 bridgehead atoms. The van der Waals surface area contributed by atoms with Gasteiger partial charge in [0.1, 0.15) is 0 Å². The minimum atomic E-state index is -0.148. The van der Waals surface area contributed by atoms with Crippen LogP contribution in [0.5, 0.6) is 0 Å². The van der Waals surface area contributed by atoms with E-state index >= 15 is 0 Å². The maximum absolute atomic E-state index is 12.4. The Hall–Kier alpha value is -2.40. The molecule has 0 atom stereocenters. The quantitative estimate of drug-likeness (QED) is 0.338. The smallest absolute Gasteiger partial charge is 0.251 e. The number of benzene rings is 2. The number of aromatic nitrogens is 3. The largest absolute Gasteiger partial charge is 0.345 e. The first kappa shape index (κ1) is 22.3. The summed E-state index contributed by atoms with van der Waals surface area (Å²) in [6.07, 6.45) is 0. The number of hydrogen-bond donors (Lipinski definition) is 2. The molecule has 0 spiro atoms. The molecule has 156 valence electrons. The summed E-state index contributed by atoms with van der Waals surface area (Å²) in [6.45, 7) is 4.79. The van der Waals surface area contributed by atoms with E-state index in [4.69, 9.17) is 0 Å². The average molecular weight is 535 g/mol. The molecule has 0 saturated carbocycles. The van der Waals surface area contributed by atoms with Crippen molar-refractivity contribution < 1.29 is 9.59 Å². The summed E-state index contributed by atoms with van der Waals surface area (Å²) in [5.74, 6) is 0.616. The van der Waals surface area contributed by atoms with Gasteiger partial charge in [0.25, 0.3) is 5.91 Å². The molecule has 0 unspecified atom stereocenters. The van der Waals surface area contributed by atoms with Crippen molar-refractivity contribution in [3.05, 3.63) is 69.1 Å². The number of nitrogens with zero attached hydrogens (tertiary/aromatic N) is 3. The van der Waals surface area contributed by atoms with Crippen LogP contribution in [0.1, 0.15) is 28.7 Å². The molecule has 7 nitrogen and oxygen atoms in total. The number of halogens is 1. The molecule has 1 heterocycles. The second-order valence-corrected chi connectivity index (χ2v) is 8.67. The zero-order valence-corrected chi connectivity index (χ0v) is 19.7. The van der Waals surface area contributed by atoms with E-state index in [1.165, 1.54) is 11.8 Å². The summed E-state index contributed by atoms with van der Waals surface area (Å²) in [6, 6.07) is 15.1. The average Bonchev–Trinajstić information content (AvgIpc) is 3.14. The van der Waals surface area contributed by atoms with Gasteiger partial charge in [-0.05, 0) is 72.3 Å². The van der Waals surface area contributed by atoms with Crippen molar-refractivity contribution >= 4 is 51.9 Å². The number of nitrogens with one attached hydrogen (secondary N) is 2. The highest BCUT2D eigenvalue weighted by atomic mass is 127. The number of aryl methyl sites for hydroxylation is 1. The summed E-state index contributed by atoms with van der Waals surface area (Å²) in [5, 5.41) is 14.8. The fourth-order valence-electron chi connectivity index (χ4n) is 2.82. The second kappa shape index (κ2) is 10.6. The lowest BCUT2D eigenvalue weighted by atomic mass is 10.1. The summed E-state index contributed by atoms with van der Waals surface area (Å²) in [4.78, 5) is 24.7. The van der Waals surface area contributed by atoms with Gasteiger partial charge >= 0.3 is 0 Å². The molecule has 9 heteroatoms. The Kier molecular flexibility index (Phi) is 7.86. The van der Waals surface area contributed by atoms with Crippen LogP contribution in [0.2, 0.25) is 0 Å². The molecule has 2 aromatic carbocycles. The zero-order chi connectivity index (χ0) is 21.5. The van der Waals surface area contributed by atoms with Crippen LogP contribution >= 0.6 is 34.4 Å². The van der Waals surface area contributed by atoms with Gasteiger partial charge in [-0.3, -0.25) is 9.59 Å². The third-order valence-electron chi connectivity index (χ3n) is 4.37. The molecule has 0 aliphatic heterocycles. The van der Waals surface area contributed by atoms with Crippen LogP contribution in [-0.4, -0.2) is 32.3 Å². The third-order valence-corrected chi connectivity index (χ3v) is 6.05. The Morgan fingerprint density at radius 2 is 1.83 bits per heavy atom. The molecule has 0 saturated heterocycles. The van der Waals surface area contributed by atoms with Crippen molar-refractivity contribution in [1.82, 2.24) is 20.1 Å². The lowest BCUT2D eigenvalue weighted by Crippen LogP contribution is -2.25. The summed E-state index contributed by atoms with van der Waals surface area (Å²) in [5.41, 5.74) is 2.32. The molecule has 0 aliphatic rings. The number of anilines is 1. The molecule has 2 amide bonds. The lowest BCUT2D eigenvalue weighted by molar-refractivity contribution is -0.113. The summed E-state index contributed by atoms with van der Waals surface area (Å²) >= 11 is 3.54. The predicted octanol–water partition coefficient (Wildman–Crippen LogP) is 3.87. The minimum Gasteiger partial charge on any atom is -0.345 e. The van der Waals surface area contributed by atoms with Crippen LogP contribution in [0.4, 0.5) is 5.69 Å². The Labute approximate surface area is 193 Å². The van der Waals surface area contributed by atoms with Crippen LogP contribution in [0, 0.1) is 10.5 Å².